The van der Waals surface area contributed by atoms with Crippen molar-refractivity contribution in [2.24, 2.45) is 0 Å². The molecule has 1 N–H and O–H groups in total. The van der Waals surface area contributed by atoms with Crippen LogP contribution in [-0.2, 0) is 9.59 Å². The van der Waals surface area contributed by atoms with Crippen molar-refractivity contribution in [3.8, 4) is 11.5 Å². The molecule has 0 fully saturated rings. The van der Waals surface area contributed by atoms with E-state index in [0.29, 0.717) is 28.0 Å². The first-order chi connectivity index (χ1) is 17.4. The monoisotopic (exact) mass is 483 g/mol. The van der Waals surface area contributed by atoms with E-state index in [1.165, 1.54) is 18.9 Å². The summed E-state index contributed by atoms with van der Waals surface area (Å²) in [7, 11) is 1.50. The van der Waals surface area contributed by atoms with E-state index in [4.69, 9.17) is 13.9 Å². The number of ketones is 1. The van der Waals surface area contributed by atoms with E-state index in [0.717, 1.165) is 0 Å². The lowest BCUT2D eigenvalue weighted by atomic mass is 9.94. The van der Waals surface area contributed by atoms with Crippen molar-refractivity contribution in [3.05, 3.63) is 102 Å². The Morgan fingerprint density at radius 3 is 2.44 bits per heavy atom. The highest BCUT2D eigenvalue weighted by Crippen LogP contribution is 2.43. The Labute approximate surface area is 206 Å². The van der Waals surface area contributed by atoms with E-state index in [-0.39, 0.29) is 17.1 Å². The van der Waals surface area contributed by atoms with Crippen molar-refractivity contribution in [2.75, 3.05) is 12.0 Å². The van der Waals surface area contributed by atoms with Crippen LogP contribution in [0.15, 0.2) is 94.6 Å². The number of rotatable bonds is 6. The first-order valence-electron chi connectivity index (χ1n) is 11.1. The van der Waals surface area contributed by atoms with Crippen molar-refractivity contribution in [1.29, 1.82) is 0 Å². The van der Waals surface area contributed by atoms with Crippen LogP contribution in [0.4, 0.5) is 5.69 Å². The number of carbonyl (C=O) groups is 3. The fourth-order valence-electron chi connectivity index (χ4n) is 4.32. The summed E-state index contributed by atoms with van der Waals surface area (Å²) >= 11 is 0. The van der Waals surface area contributed by atoms with Gasteiger partial charge in [-0.3, -0.25) is 19.3 Å². The van der Waals surface area contributed by atoms with Crippen LogP contribution >= 0.6 is 0 Å². The summed E-state index contributed by atoms with van der Waals surface area (Å²) < 4.78 is 16.3. The molecule has 36 heavy (non-hydrogen) atoms. The number of nitrogens with zero attached hydrogens (tertiary/aromatic N) is 1. The summed E-state index contributed by atoms with van der Waals surface area (Å²) in [6.07, 6.45) is 0. The van der Waals surface area contributed by atoms with Crippen LogP contribution in [0.2, 0.25) is 0 Å². The third-order valence-corrected chi connectivity index (χ3v) is 5.87. The highest BCUT2D eigenvalue weighted by Gasteiger charge is 2.45. The molecule has 1 aliphatic heterocycles. The van der Waals surface area contributed by atoms with Crippen LogP contribution in [0.5, 0.6) is 11.5 Å². The molecule has 180 valence electrons. The minimum Gasteiger partial charge on any atom is -0.503 e. The van der Waals surface area contributed by atoms with Gasteiger partial charge in [-0.15, -0.1) is 0 Å². The van der Waals surface area contributed by atoms with Gasteiger partial charge in [0, 0.05) is 24.1 Å². The summed E-state index contributed by atoms with van der Waals surface area (Å²) in [5.74, 6) is -1.89. The predicted molar refractivity (Wildman–Crippen MR) is 131 cm³/mol. The maximum absolute atomic E-state index is 13.7. The van der Waals surface area contributed by atoms with Gasteiger partial charge in [-0.1, -0.05) is 36.4 Å². The van der Waals surface area contributed by atoms with Crippen molar-refractivity contribution < 1.29 is 33.4 Å². The standard InChI is InChI=1S/C28H21NO7/c1-16(30)35-21-11-5-8-18(13-21)25-24(26(31)23-14-17-7-3-4-12-22(17)36-23)27(32)28(33)29(25)19-9-6-10-20(15-19)34-2/h3-15,25,32H,1-2H3. The van der Waals surface area contributed by atoms with Gasteiger partial charge in [0.05, 0.1) is 18.7 Å². The second-order valence-electron chi connectivity index (χ2n) is 8.19. The molecule has 0 radical (unpaired) electrons. The second-order valence-corrected chi connectivity index (χ2v) is 8.19. The van der Waals surface area contributed by atoms with E-state index < -0.39 is 29.5 Å². The number of aliphatic hydroxyl groups excluding tert-OH is 1. The van der Waals surface area contributed by atoms with Crippen molar-refractivity contribution in [1.82, 2.24) is 0 Å². The van der Waals surface area contributed by atoms with Crippen LogP contribution in [-0.4, -0.2) is 29.9 Å². The third kappa shape index (κ3) is 3.98. The number of furan rings is 1. The average molecular weight is 483 g/mol. The lowest BCUT2D eigenvalue weighted by Crippen LogP contribution is -2.31. The molecule has 1 unspecified atom stereocenters. The van der Waals surface area contributed by atoms with Gasteiger partial charge in [0.25, 0.3) is 5.91 Å². The molecule has 2 heterocycles. The van der Waals surface area contributed by atoms with Crippen molar-refractivity contribution >= 4 is 34.3 Å². The van der Waals surface area contributed by atoms with Gasteiger partial charge in [-0.05, 0) is 42.0 Å². The van der Waals surface area contributed by atoms with Gasteiger partial charge in [0.15, 0.2) is 11.5 Å². The molecule has 0 saturated carbocycles. The normalized spacial score (nSPS) is 15.4. The number of anilines is 1. The van der Waals surface area contributed by atoms with E-state index in [1.807, 2.05) is 6.07 Å². The summed E-state index contributed by atoms with van der Waals surface area (Å²) in [5.41, 5.74) is 1.21. The fraction of sp³-hybridized carbons (Fsp3) is 0.107. The zero-order chi connectivity index (χ0) is 25.4. The number of Topliss-reactive ketones (excluding diaryl/α,β-unsaturated/α-hetero) is 1. The molecular weight excluding hydrogens is 462 g/mol. The summed E-state index contributed by atoms with van der Waals surface area (Å²) in [6.45, 7) is 1.27. The first-order valence-corrected chi connectivity index (χ1v) is 11.1. The maximum atomic E-state index is 13.7. The van der Waals surface area contributed by atoms with Crippen molar-refractivity contribution in [2.45, 2.75) is 13.0 Å². The zero-order valence-electron chi connectivity index (χ0n) is 19.4. The molecule has 8 nitrogen and oxygen atoms in total. The zero-order valence-corrected chi connectivity index (χ0v) is 19.4. The molecule has 0 aliphatic carbocycles. The van der Waals surface area contributed by atoms with Gasteiger partial charge in [-0.2, -0.15) is 0 Å². The van der Waals surface area contributed by atoms with Gasteiger partial charge >= 0.3 is 5.97 Å². The molecule has 1 aliphatic rings. The molecular formula is C28H21NO7. The number of hydrogen-bond donors (Lipinski definition) is 1. The fourth-order valence-corrected chi connectivity index (χ4v) is 4.32. The quantitative estimate of drug-likeness (QED) is 0.230. The molecule has 8 heteroatoms. The number of esters is 1. The van der Waals surface area contributed by atoms with Gasteiger partial charge in [0.2, 0.25) is 5.78 Å². The number of carbonyl (C=O) groups excluding carboxylic acids is 3. The lowest BCUT2D eigenvalue weighted by molar-refractivity contribution is -0.131. The third-order valence-electron chi connectivity index (χ3n) is 5.87. The molecule has 5 rings (SSSR count). The largest absolute Gasteiger partial charge is 0.503 e. The Morgan fingerprint density at radius 2 is 1.69 bits per heavy atom. The van der Waals surface area contributed by atoms with E-state index in [9.17, 15) is 19.5 Å². The summed E-state index contributed by atoms with van der Waals surface area (Å²) in [4.78, 5) is 39.9. The number of aliphatic hydroxyl groups is 1. The predicted octanol–water partition coefficient (Wildman–Crippen LogP) is 5.15. The number of hydrogen-bond acceptors (Lipinski definition) is 7. The number of methoxy groups -OCH3 is 1. The number of fused-ring (bicyclic) bond motifs is 1. The van der Waals surface area contributed by atoms with Crippen molar-refractivity contribution in [3.63, 3.8) is 0 Å². The number of ether oxygens (including phenoxy) is 2. The van der Waals surface area contributed by atoms with Gasteiger partial charge in [0.1, 0.15) is 17.1 Å². The Hall–Kier alpha value is -4.85. The van der Waals surface area contributed by atoms with Crippen LogP contribution in [0.25, 0.3) is 11.0 Å². The number of amides is 1. The van der Waals surface area contributed by atoms with Crippen LogP contribution in [0, 0.1) is 0 Å². The molecule has 0 saturated heterocycles. The summed E-state index contributed by atoms with van der Waals surface area (Å²) in [6, 6.07) is 20.8. The highest BCUT2D eigenvalue weighted by atomic mass is 16.5. The Morgan fingerprint density at radius 1 is 0.944 bits per heavy atom. The topological polar surface area (TPSA) is 106 Å². The highest BCUT2D eigenvalue weighted by molar-refractivity contribution is 6.20. The molecule has 3 aromatic carbocycles. The molecule has 1 amide bonds. The Kier molecular flexibility index (Phi) is 5.77. The minimum atomic E-state index is -1.03. The van der Waals surface area contributed by atoms with Gasteiger partial charge < -0.3 is 19.0 Å². The van der Waals surface area contributed by atoms with E-state index >= 15 is 0 Å². The smallest absolute Gasteiger partial charge is 0.308 e. The molecule has 0 spiro atoms. The maximum Gasteiger partial charge on any atom is 0.308 e. The molecule has 0 bridgehead atoms. The Bertz CT molecular complexity index is 1520. The summed E-state index contributed by atoms with van der Waals surface area (Å²) in [5, 5.41) is 11.7. The van der Waals surface area contributed by atoms with Crippen LogP contribution in [0.3, 0.4) is 0 Å². The number of para-hydroxylation sites is 1. The minimum absolute atomic E-state index is 0.0146. The van der Waals surface area contributed by atoms with Crippen LogP contribution < -0.4 is 14.4 Å². The van der Waals surface area contributed by atoms with E-state index in [2.05, 4.69) is 0 Å². The second kappa shape index (κ2) is 9.07. The number of benzene rings is 3. The Balaban J connectivity index is 1.67. The van der Waals surface area contributed by atoms with E-state index in [1.54, 1.807) is 72.8 Å². The van der Waals surface area contributed by atoms with Crippen LogP contribution in [0.1, 0.15) is 29.1 Å². The van der Waals surface area contributed by atoms with Gasteiger partial charge in [-0.25, -0.2) is 0 Å². The average Bonchev–Trinajstić information content (AvgIpc) is 3.42. The molecule has 1 atom stereocenters. The molecule has 4 aromatic rings. The molecule has 1 aromatic heterocycles. The lowest BCUT2D eigenvalue weighted by Gasteiger charge is -2.27. The SMILES string of the molecule is COc1cccc(N2C(=O)C(O)=C(C(=O)c3cc4ccccc4o3)C2c2cccc(OC(C)=O)c2)c1. The first kappa shape index (κ1) is 22.9.